The van der Waals surface area contributed by atoms with Crippen LogP contribution in [-0.4, -0.2) is 33.7 Å². The molecule has 1 aliphatic heterocycles. The molecule has 3 aromatic rings. The Morgan fingerprint density at radius 2 is 1.82 bits per heavy atom. The Hall–Kier alpha value is -3.15. The molecule has 1 amide bonds. The number of rotatable bonds is 5. The molecule has 3 heterocycles. The maximum Gasteiger partial charge on any atom is 0.267 e. The van der Waals surface area contributed by atoms with Gasteiger partial charge < -0.3 is 9.32 Å². The van der Waals surface area contributed by atoms with Crippen molar-refractivity contribution < 1.29 is 9.21 Å². The summed E-state index contributed by atoms with van der Waals surface area (Å²) < 4.78 is 6.93. The first-order valence-corrected chi connectivity index (χ1v) is 9.66. The Morgan fingerprint density at radius 3 is 2.54 bits per heavy atom. The van der Waals surface area contributed by atoms with Crippen LogP contribution in [0.1, 0.15) is 30.9 Å². The number of furan rings is 1. The van der Waals surface area contributed by atoms with E-state index in [0.29, 0.717) is 31.0 Å². The van der Waals surface area contributed by atoms with Crippen LogP contribution in [-0.2, 0) is 11.2 Å². The zero-order chi connectivity index (χ0) is 19.3. The van der Waals surface area contributed by atoms with Crippen LogP contribution in [0.5, 0.6) is 0 Å². The molecule has 1 fully saturated rings. The van der Waals surface area contributed by atoms with Crippen molar-refractivity contribution in [1.29, 1.82) is 0 Å². The molecule has 0 bridgehead atoms. The second-order valence-corrected chi connectivity index (χ2v) is 7.08. The van der Waals surface area contributed by atoms with Crippen molar-refractivity contribution in [3.05, 3.63) is 76.8 Å². The molecule has 0 aliphatic carbocycles. The highest BCUT2D eigenvalue weighted by atomic mass is 16.3. The highest BCUT2D eigenvalue weighted by Gasteiger charge is 2.25. The van der Waals surface area contributed by atoms with Gasteiger partial charge in [-0.05, 0) is 43.0 Å². The van der Waals surface area contributed by atoms with Crippen molar-refractivity contribution in [3.8, 4) is 11.5 Å². The molecule has 0 unspecified atom stereocenters. The fourth-order valence-corrected chi connectivity index (χ4v) is 3.66. The smallest absolute Gasteiger partial charge is 0.267 e. The van der Waals surface area contributed by atoms with Crippen molar-refractivity contribution >= 4 is 5.91 Å². The van der Waals surface area contributed by atoms with Crippen LogP contribution in [0.3, 0.4) is 0 Å². The lowest BCUT2D eigenvalue weighted by molar-refractivity contribution is -0.132. The van der Waals surface area contributed by atoms with E-state index in [-0.39, 0.29) is 17.5 Å². The van der Waals surface area contributed by atoms with E-state index in [9.17, 15) is 9.59 Å². The number of nitrogens with zero attached hydrogens (tertiary/aromatic N) is 3. The molecule has 0 saturated carbocycles. The molecular formula is C22H23N3O3. The van der Waals surface area contributed by atoms with Gasteiger partial charge in [0, 0.05) is 25.6 Å². The average Bonchev–Trinajstić information content (AvgIpc) is 3.28. The van der Waals surface area contributed by atoms with E-state index in [0.717, 1.165) is 19.3 Å². The summed E-state index contributed by atoms with van der Waals surface area (Å²) in [5.41, 5.74) is 1.70. The normalized spacial score (nSPS) is 14.9. The second kappa shape index (κ2) is 8.25. The summed E-state index contributed by atoms with van der Waals surface area (Å²) in [5, 5.41) is 4.49. The summed E-state index contributed by atoms with van der Waals surface area (Å²) in [7, 11) is 0. The number of piperidine rings is 1. The molecule has 1 saturated heterocycles. The average molecular weight is 377 g/mol. The van der Waals surface area contributed by atoms with Gasteiger partial charge in [0.05, 0.1) is 12.3 Å². The summed E-state index contributed by atoms with van der Waals surface area (Å²) >= 11 is 0. The fraction of sp³-hybridized carbons (Fsp3) is 0.318. The van der Waals surface area contributed by atoms with Gasteiger partial charge in [0.2, 0.25) is 5.91 Å². The van der Waals surface area contributed by atoms with Gasteiger partial charge in [0.1, 0.15) is 5.69 Å². The molecule has 0 atom stereocenters. The van der Waals surface area contributed by atoms with Gasteiger partial charge in [0.15, 0.2) is 5.76 Å². The highest BCUT2D eigenvalue weighted by Crippen LogP contribution is 2.23. The first-order chi connectivity index (χ1) is 13.7. The van der Waals surface area contributed by atoms with Gasteiger partial charge in [-0.15, -0.1) is 0 Å². The van der Waals surface area contributed by atoms with Crippen LogP contribution in [0.15, 0.2) is 70.1 Å². The summed E-state index contributed by atoms with van der Waals surface area (Å²) in [6.45, 7) is 1.30. The molecule has 144 valence electrons. The van der Waals surface area contributed by atoms with Crippen LogP contribution in [0.2, 0.25) is 0 Å². The van der Waals surface area contributed by atoms with Crippen molar-refractivity contribution in [1.82, 2.24) is 14.7 Å². The largest absolute Gasteiger partial charge is 0.463 e. The first-order valence-electron chi connectivity index (χ1n) is 9.66. The molecule has 6 nitrogen and oxygen atoms in total. The second-order valence-electron chi connectivity index (χ2n) is 7.08. The van der Waals surface area contributed by atoms with Crippen LogP contribution in [0.25, 0.3) is 11.5 Å². The zero-order valence-electron chi connectivity index (χ0n) is 15.7. The number of aryl methyl sites for hydroxylation is 1. The Labute approximate surface area is 163 Å². The number of carbonyl (C=O) groups excluding carboxylic acids is 1. The topological polar surface area (TPSA) is 68.3 Å². The van der Waals surface area contributed by atoms with Crippen molar-refractivity contribution in [2.75, 3.05) is 13.1 Å². The lowest BCUT2D eigenvalue weighted by atomic mass is 10.0. The Bertz CT molecular complexity index is 972. The zero-order valence-corrected chi connectivity index (χ0v) is 15.7. The van der Waals surface area contributed by atoms with Gasteiger partial charge in [-0.1, -0.05) is 30.3 Å². The van der Waals surface area contributed by atoms with E-state index in [1.807, 2.05) is 41.3 Å². The molecule has 6 heteroatoms. The first kappa shape index (κ1) is 18.2. The lowest BCUT2D eigenvalue weighted by Crippen LogP contribution is -2.41. The minimum atomic E-state index is -0.121. The molecule has 0 radical (unpaired) electrons. The number of hydrogen-bond acceptors (Lipinski definition) is 4. The molecular weight excluding hydrogens is 354 g/mol. The fourth-order valence-electron chi connectivity index (χ4n) is 3.66. The standard InChI is InChI=1S/C22H23N3O3/c26-21(10-8-17-5-2-1-3-6-17)24-14-12-18(13-15-24)25-22(27)11-9-19(23-25)20-7-4-16-28-20/h1-7,9,11,16,18H,8,10,12-15H2. The number of likely N-dealkylation sites (tertiary alicyclic amines) is 1. The van der Waals surface area contributed by atoms with Gasteiger partial charge in [0.25, 0.3) is 5.56 Å². The number of carbonyl (C=O) groups is 1. The predicted molar refractivity (Wildman–Crippen MR) is 106 cm³/mol. The van der Waals surface area contributed by atoms with Crippen LogP contribution in [0.4, 0.5) is 0 Å². The Balaban J connectivity index is 1.37. The Kier molecular flexibility index (Phi) is 5.37. The van der Waals surface area contributed by atoms with Crippen molar-refractivity contribution in [2.24, 2.45) is 0 Å². The van der Waals surface area contributed by atoms with Crippen molar-refractivity contribution in [3.63, 3.8) is 0 Å². The lowest BCUT2D eigenvalue weighted by Gasteiger charge is -2.32. The third-order valence-corrected chi connectivity index (χ3v) is 5.23. The van der Waals surface area contributed by atoms with E-state index in [4.69, 9.17) is 4.42 Å². The Morgan fingerprint density at radius 1 is 1.04 bits per heavy atom. The SMILES string of the molecule is O=C(CCc1ccccc1)N1CCC(n2nc(-c3ccco3)ccc2=O)CC1. The minimum absolute atomic E-state index is 0.000542. The van der Waals surface area contributed by atoms with E-state index in [2.05, 4.69) is 5.10 Å². The van der Waals surface area contributed by atoms with E-state index < -0.39 is 0 Å². The van der Waals surface area contributed by atoms with Gasteiger partial charge in [-0.25, -0.2) is 4.68 Å². The van der Waals surface area contributed by atoms with Crippen molar-refractivity contribution in [2.45, 2.75) is 31.7 Å². The molecule has 1 aromatic carbocycles. The summed E-state index contributed by atoms with van der Waals surface area (Å²) in [6.07, 6.45) is 4.32. The summed E-state index contributed by atoms with van der Waals surface area (Å²) in [4.78, 5) is 26.7. The van der Waals surface area contributed by atoms with E-state index in [1.165, 1.54) is 11.6 Å². The maximum absolute atomic E-state index is 12.5. The molecule has 1 aliphatic rings. The predicted octanol–water partition coefficient (Wildman–Crippen LogP) is 3.30. The van der Waals surface area contributed by atoms with Crippen LogP contribution >= 0.6 is 0 Å². The van der Waals surface area contributed by atoms with Gasteiger partial charge in [-0.3, -0.25) is 9.59 Å². The van der Waals surface area contributed by atoms with E-state index in [1.54, 1.807) is 23.1 Å². The number of hydrogen-bond donors (Lipinski definition) is 0. The third-order valence-electron chi connectivity index (χ3n) is 5.23. The van der Waals surface area contributed by atoms with Gasteiger partial charge in [-0.2, -0.15) is 5.10 Å². The number of aromatic nitrogens is 2. The van der Waals surface area contributed by atoms with Crippen LogP contribution < -0.4 is 5.56 Å². The number of benzene rings is 1. The molecule has 2 aromatic heterocycles. The third kappa shape index (κ3) is 4.06. The van der Waals surface area contributed by atoms with E-state index >= 15 is 0 Å². The molecule has 0 spiro atoms. The quantitative estimate of drug-likeness (QED) is 0.684. The summed E-state index contributed by atoms with van der Waals surface area (Å²) in [5.74, 6) is 0.814. The monoisotopic (exact) mass is 377 g/mol. The van der Waals surface area contributed by atoms with Crippen LogP contribution in [0, 0.1) is 0 Å². The minimum Gasteiger partial charge on any atom is -0.463 e. The molecule has 0 N–H and O–H groups in total. The summed E-state index contributed by atoms with van der Waals surface area (Å²) in [6, 6.07) is 16.9. The highest BCUT2D eigenvalue weighted by molar-refractivity contribution is 5.76. The molecule has 28 heavy (non-hydrogen) atoms. The van der Waals surface area contributed by atoms with Gasteiger partial charge >= 0.3 is 0 Å². The number of amides is 1. The maximum atomic E-state index is 12.5. The molecule has 4 rings (SSSR count).